The number of carbonyl (C=O) groups is 1. The van der Waals surface area contributed by atoms with Gasteiger partial charge >= 0.3 is 0 Å². The number of amides is 1. The quantitative estimate of drug-likeness (QED) is 0.833. The van der Waals surface area contributed by atoms with Crippen LogP contribution in [0.5, 0.6) is 0 Å². The number of benzene rings is 1. The summed E-state index contributed by atoms with van der Waals surface area (Å²) < 4.78 is 0. The molecular weight excluding hydrogens is 282 g/mol. The van der Waals surface area contributed by atoms with Gasteiger partial charge in [-0.2, -0.15) is 0 Å². The van der Waals surface area contributed by atoms with Crippen LogP contribution < -0.4 is 11.1 Å². The second-order valence-electron chi connectivity index (χ2n) is 4.29. The molecular formula is C13H14ClN3OS. The van der Waals surface area contributed by atoms with Crippen LogP contribution in [-0.2, 0) is 0 Å². The van der Waals surface area contributed by atoms with Gasteiger partial charge < -0.3 is 11.1 Å². The number of hydrogen-bond acceptors (Lipinski definition) is 4. The Kier molecular flexibility index (Phi) is 3.78. The molecule has 3 N–H and O–H groups in total. The van der Waals surface area contributed by atoms with Gasteiger partial charge in [0.2, 0.25) is 0 Å². The fraction of sp³-hybridized carbons (Fsp3) is 0.231. The SMILES string of the molecule is Cc1nc(C)c(C(=O)Nc2cc(Cl)c(N)cc2C)s1. The second-order valence-corrected chi connectivity index (χ2v) is 5.90. The Bertz CT molecular complexity index is 652. The van der Waals surface area contributed by atoms with Gasteiger partial charge in [0.15, 0.2) is 0 Å². The first-order valence-corrected chi connectivity index (χ1v) is 6.89. The molecule has 0 aliphatic rings. The Labute approximate surface area is 120 Å². The maximum absolute atomic E-state index is 12.2. The number of nitrogen functional groups attached to an aromatic ring is 1. The van der Waals surface area contributed by atoms with E-state index < -0.39 is 0 Å². The van der Waals surface area contributed by atoms with Crippen molar-refractivity contribution in [1.82, 2.24) is 4.98 Å². The monoisotopic (exact) mass is 295 g/mol. The van der Waals surface area contributed by atoms with Gasteiger partial charge in [-0.15, -0.1) is 11.3 Å². The third-order valence-electron chi connectivity index (χ3n) is 2.70. The summed E-state index contributed by atoms with van der Waals surface area (Å²) in [5.41, 5.74) is 8.47. The van der Waals surface area contributed by atoms with E-state index >= 15 is 0 Å². The van der Waals surface area contributed by atoms with Gasteiger partial charge in [-0.25, -0.2) is 4.98 Å². The second kappa shape index (κ2) is 5.19. The highest BCUT2D eigenvalue weighted by Gasteiger charge is 2.15. The predicted octanol–water partition coefficient (Wildman–Crippen LogP) is 3.56. The minimum absolute atomic E-state index is 0.174. The highest BCUT2D eigenvalue weighted by molar-refractivity contribution is 7.13. The molecule has 0 radical (unpaired) electrons. The molecule has 4 nitrogen and oxygen atoms in total. The van der Waals surface area contributed by atoms with E-state index in [1.54, 1.807) is 12.1 Å². The number of aryl methyl sites for hydroxylation is 3. The van der Waals surface area contributed by atoms with Gasteiger partial charge in [-0.3, -0.25) is 4.79 Å². The summed E-state index contributed by atoms with van der Waals surface area (Å²) in [4.78, 5) is 17.0. The van der Waals surface area contributed by atoms with E-state index in [9.17, 15) is 4.79 Å². The van der Waals surface area contributed by atoms with Crippen LogP contribution in [0, 0.1) is 20.8 Å². The Morgan fingerprint density at radius 3 is 2.63 bits per heavy atom. The predicted molar refractivity (Wildman–Crippen MR) is 80.1 cm³/mol. The van der Waals surface area contributed by atoms with Crippen LogP contribution in [0.4, 0.5) is 11.4 Å². The van der Waals surface area contributed by atoms with Crippen molar-refractivity contribution in [3.63, 3.8) is 0 Å². The summed E-state index contributed by atoms with van der Waals surface area (Å²) in [6.45, 7) is 5.56. The summed E-state index contributed by atoms with van der Waals surface area (Å²) in [6.07, 6.45) is 0. The lowest BCUT2D eigenvalue weighted by molar-refractivity contribution is 0.102. The fourth-order valence-corrected chi connectivity index (χ4v) is 2.74. The molecule has 100 valence electrons. The van der Waals surface area contributed by atoms with Crippen LogP contribution in [0.2, 0.25) is 5.02 Å². The van der Waals surface area contributed by atoms with Crippen molar-refractivity contribution in [2.24, 2.45) is 0 Å². The number of nitrogens with one attached hydrogen (secondary N) is 1. The van der Waals surface area contributed by atoms with Gasteiger partial charge in [0.05, 0.1) is 21.4 Å². The molecule has 2 aromatic rings. The van der Waals surface area contributed by atoms with Crippen LogP contribution in [0.15, 0.2) is 12.1 Å². The number of rotatable bonds is 2. The van der Waals surface area contributed by atoms with Crippen LogP contribution in [-0.4, -0.2) is 10.9 Å². The number of hydrogen-bond donors (Lipinski definition) is 2. The Hall–Kier alpha value is -1.59. The lowest BCUT2D eigenvalue weighted by Crippen LogP contribution is -2.12. The van der Waals surface area contributed by atoms with E-state index in [0.717, 1.165) is 16.3 Å². The molecule has 0 bridgehead atoms. The summed E-state index contributed by atoms with van der Waals surface area (Å²) >= 11 is 7.34. The molecule has 0 atom stereocenters. The minimum atomic E-state index is -0.174. The van der Waals surface area contributed by atoms with E-state index in [1.165, 1.54) is 11.3 Å². The smallest absolute Gasteiger partial charge is 0.267 e. The number of nitrogens with two attached hydrogens (primary N) is 1. The van der Waals surface area contributed by atoms with Crippen molar-refractivity contribution in [1.29, 1.82) is 0 Å². The Morgan fingerprint density at radius 1 is 1.37 bits per heavy atom. The zero-order chi connectivity index (χ0) is 14.2. The molecule has 1 aromatic heterocycles. The molecule has 1 amide bonds. The third kappa shape index (κ3) is 2.88. The molecule has 0 saturated carbocycles. The number of anilines is 2. The zero-order valence-corrected chi connectivity index (χ0v) is 12.4. The molecule has 0 saturated heterocycles. The topological polar surface area (TPSA) is 68.0 Å². The molecule has 0 aliphatic carbocycles. The number of aromatic nitrogens is 1. The molecule has 1 aromatic carbocycles. The van der Waals surface area contributed by atoms with Crippen molar-refractivity contribution >= 4 is 40.2 Å². The molecule has 0 fully saturated rings. The lowest BCUT2D eigenvalue weighted by Gasteiger charge is -2.09. The van der Waals surface area contributed by atoms with Crippen LogP contribution in [0.1, 0.15) is 25.9 Å². The molecule has 2 rings (SSSR count). The summed E-state index contributed by atoms with van der Waals surface area (Å²) in [5.74, 6) is -0.174. The molecule has 19 heavy (non-hydrogen) atoms. The number of nitrogens with zero attached hydrogens (tertiary/aromatic N) is 1. The van der Waals surface area contributed by atoms with Gasteiger partial charge in [0.25, 0.3) is 5.91 Å². The van der Waals surface area contributed by atoms with E-state index in [1.807, 2.05) is 20.8 Å². The van der Waals surface area contributed by atoms with Crippen molar-refractivity contribution in [3.8, 4) is 0 Å². The van der Waals surface area contributed by atoms with Gasteiger partial charge in [0, 0.05) is 5.69 Å². The zero-order valence-electron chi connectivity index (χ0n) is 10.9. The Morgan fingerprint density at radius 2 is 2.05 bits per heavy atom. The summed E-state index contributed by atoms with van der Waals surface area (Å²) in [5, 5.41) is 4.14. The normalized spacial score (nSPS) is 10.5. The van der Waals surface area contributed by atoms with Crippen LogP contribution >= 0.6 is 22.9 Å². The highest BCUT2D eigenvalue weighted by atomic mass is 35.5. The Balaban J connectivity index is 2.29. The number of halogens is 1. The molecule has 1 heterocycles. The maximum atomic E-state index is 12.2. The first-order valence-electron chi connectivity index (χ1n) is 5.69. The number of carbonyl (C=O) groups excluding carboxylic acids is 1. The maximum Gasteiger partial charge on any atom is 0.267 e. The molecule has 0 unspecified atom stereocenters. The minimum Gasteiger partial charge on any atom is -0.398 e. The van der Waals surface area contributed by atoms with Crippen LogP contribution in [0.3, 0.4) is 0 Å². The van der Waals surface area contributed by atoms with Gasteiger partial charge in [0.1, 0.15) is 4.88 Å². The first-order chi connectivity index (χ1) is 8.88. The third-order valence-corrected chi connectivity index (χ3v) is 4.10. The first kappa shape index (κ1) is 13.8. The summed E-state index contributed by atoms with van der Waals surface area (Å²) in [6, 6.07) is 3.40. The number of thiazole rings is 1. The van der Waals surface area contributed by atoms with Crippen LogP contribution in [0.25, 0.3) is 0 Å². The van der Waals surface area contributed by atoms with Gasteiger partial charge in [-0.05, 0) is 38.5 Å². The molecule has 0 spiro atoms. The fourth-order valence-electron chi connectivity index (χ4n) is 1.76. The average Bonchev–Trinajstić information content (AvgIpc) is 2.65. The van der Waals surface area contributed by atoms with Crippen molar-refractivity contribution < 1.29 is 4.79 Å². The lowest BCUT2D eigenvalue weighted by atomic mass is 10.1. The summed E-state index contributed by atoms with van der Waals surface area (Å²) in [7, 11) is 0. The molecule has 0 aliphatic heterocycles. The average molecular weight is 296 g/mol. The van der Waals surface area contributed by atoms with E-state index in [2.05, 4.69) is 10.3 Å². The standard InChI is InChI=1S/C13H14ClN3OS/c1-6-4-10(15)9(14)5-11(6)17-13(18)12-7(2)16-8(3)19-12/h4-5H,15H2,1-3H3,(H,17,18). The van der Waals surface area contributed by atoms with Crippen molar-refractivity contribution in [2.45, 2.75) is 20.8 Å². The largest absolute Gasteiger partial charge is 0.398 e. The van der Waals surface area contributed by atoms with Crippen molar-refractivity contribution in [2.75, 3.05) is 11.1 Å². The van der Waals surface area contributed by atoms with E-state index in [4.69, 9.17) is 17.3 Å². The highest BCUT2D eigenvalue weighted by Crippen LogP contribution is 2.27. The van der Waals surface area contributed by atoms with Crippen molar-refractivity contribution in [3.05, 3.63) is 38.3 Å². The van der Waals surface area contributed by atoms with E-state index in [-0.39, 0.29) is 5.91 Å². The van der Waals surface area contributed by atoms with E-state index in [0.29, 0.717) is 21.3 Å². The van der Waals surface area contributed by atoms with Gasteiger partial charge in [-0.1, -0.05) is 11.6 Å². The molecule has 6 heteroatoms.